The van der Waals surface area contributed by atoms with Crippen LogP contribution in [0.3, 0.4) is 0 Å². The fourth-order valence-electron chi connectivity index (χ4n) is 1.34. The van der Waals surface area contributed by atoms with Gasteiger partial charge < -0.3 is 4.74 Å². The van der Waals surface area contributed by atoms with Crippen LogP contribution in [0.15, 0.2) is 12.3 Å². The normalized spacial score (nSPS) is 11.0. The topological polar surface area (TPSA) is 9.23 Å². The van der Waals surface area contributed by atoms with Crippen molar-refractivity contribution in [1.29, 1.82) is 0 Å². The summed E-state index contributed by atoms with van der Waals surface area (Å²) in [6.07, 6.45) is 14.3. The lowest BCUT2D eigenvalue weighted by molar-refractivity contribution is 0.239. The Morgan fingerprint density at radius 2 is 1.57 bits per heavy atom. The number of ether oxygens (including phenoxy) is 1. The molecular weight excluding hydrogens is 172 g/mol. The zero-order valence-electron chi connectivity index (χ0n) is 9.93. The molecule has 1 heteroatoms. The van der Waals surface area contributed by atoms with E-state index in [2.05, 4.69) is 19.9 Å². The Bertz CT molecular complexity index is 118. The van der Waals surface area contributed by atoms with Crippen molar-refractivity contribution in [3.05, 3.63) is 12.3 Å². The lowest BCUT2D eigenvalue weighted by Gasteiger charge is -2.00. The van der Waals surface area contributed by atoms with Crippen LogP contribution in [0.25, 0.3) is 0 Å². The molecule has 84 valence electrons. The van der Waals surface area contributed by atoms with E-state index in [4.69, 9.17) is 4.74 Å². The van der Waals surface area contributed by atoms with E-state index in [-0.39, 0.29) is 0 Å². The molecule has 0 aliphatic rings. The highest BCUT2D eigenvalue weighted by atomic mass is 16.5. The fraction of sp³-hybridized carbons (Fsp3) is 0.846. The van der Waals surface area contributed by atoms with Crippen LogP contribution in [0.1, 0.15) is 65.2 Å². The third kappa shape index (κ3) is 11.5. The second-order valence-electron chi connectivity index (χ2n) is 3.80. The maximum atomic E-state index is 5.36. The summed E-state index contributed by atoms with van der Waals surface area (Å²) in [5, 5.41) is 0. The number of allylic oxidation sites excluding steroid dienone is 1. The van der Waals surface area contributed by atoms with Crippen molar-refractivity contribution < 1.29 is 4.74 Å². The first kappa shape index (κ1) is 13.5. The Morgan fingerprint density at radius 3 is 2.29 bits per heavy atom. The first-order chi connectivity index (χ1) is 6.91. The van der Waals surface area contributed by atoms with Crippen molar-refractivity contribution in [3.63, 3.8) is 0 Å². The number of hydrogen-bond acceptors (Lipinski definition) is 1. The second kappa shape index (κ2) is 12.5. The largest absolute Gasteiger partial charge is 0.502 e. The van der Waals surface area contributed by atoms with E-state index < -0.39 is 0 Å². The average molecular weight is 198 g/mol. The Labute approximate surface area is 89.5 Å². The molecule has 0 rings (SSSR count). The highest BCUT2D eigenvalue weighted by Crippen LogP contribution is 2.04. The molecule has 0 fully saturated rings. The maximum Gasteiger partial charge on any atom is 0.0873 e. The Kier molecular flexibility index (Phi) is 12.1. The number of hydrogen-bond donors (Lipinski definition) is 0. The van der Waals surface area contributed by atoms with Crippen LogP contribution in [0.2, 0.25) is 0 Å². The van der Waals surface area contributed by atoms with E-state index in [1.54, 1.807) is 0 Å². The van der Waals surface area contributed by atoms with Gasteiger partial charge in [0.1, 0.15) is 0 Å². The van der Waals surface area contributed by atoms with E-state index in [0.29, 0.717) is 0 Å². The molecule has 0 atom stereocenters. The zero-order chi connectivity index (χ0) is 10.5. The molecule has 0 unspecified atom stereocenters. The van der Waals surface area contributed by atoms with E-state index in [0.717, 1.165) is 13.0 Å². The van der Waals surface area contributed by atoms with Gasteiger partial charge in [-0.1, -0.05) is 52.4 Å². The summed E-state index contributed by atoms with van der Waals surface area (Å²) >= 11 is 0. The summed E-state index contributed by atoms with van der Waals surface area (Å²) in [5.41, 5.74) is 0. The highest BCUT2D eigenvalue weighted by molar-refractivity contribution is 4.71. The van der Waals surface area contributed by atoms with Gasteiger partial charge in [-0.3, -0.25) is 0 Å². The molecule has 0 aliphatic carbocycles. The van der Waals surface area contributed by atoms with Crippen LogP contribution in [-0.4, -0.2) is 6.61 Å². The smallest absolute Gasteiger partial charge is 0.0873 e. The molecule has 0 amide bonds. The summed E-state index contributed by atoms with van der Waals surface area (Å²) in [5.74, 6) is 0. The predicted octanol–water partition coefficient (Wildman–Crippen LogP) is 4.68. The Balaban J connectivity index is 2.91. The molecule has 14 heavy (non-hydrogen) atoms. The van der Waals surface area contributed by atoms with Gasteiger partial charge in [0.25, 0.3) is 0 Å². The molecule has 0 saturated heterocycles. The second-order valence-corrected chi connectivity index (χ2v) is 3.80. The Hall–Kier alpha value is -0.460. The van der Waals surface area contributed by atoms with Crippen molar-refractivity contribution in [2.24, 2.45) is 0 Å². The van der Waals surface area contributed by atoms with Crippen LogP contribution in [-0.2, 0) is 4.74 Å². The lowest BCUT2D eigenvalue weighted by atomic mass is 10.1. The van der Waals surface area contributed by atoms with Crippen LogP contribution < -0.4 is 0 Å². The number of rotatable bonds is 10. The fourth-order valence-corrected chi connectivity index (χ4v) is 1.34. The van der Waals surface area contributed by atoms with Crippen LogP contribution in [0.4, 0.5) is 0 Å². The van der Waals surface area contributed by atoms with Gasteiger partial charge in [0.2, 0.25) is 0 Å². The molecular formula is C13H26O. The third-order valence-corrected chi connectivity index (χ3v) is 2.26. The molecule has 0 aromatic heterocycles. The minimum atomic E-state index is 0.895. The van der Waals surface area contributed by atoms with Crippen LogP contribution >= 0.6 is 0 Å². The molecule has 0 saturated carbocycles. The van der Waals surface area contributed by atoms with Crippen molar-refractivity contribution in [2.75, 3.05) is 6.61 Å². The highest BCUT2D eigenvalue weighted by Gasteiger charge is 1.88. The van der Waals surface area contributed by atoms with Gasteiger partial charge >= 0.3 is 0 Å². The minimum Gasteiger partial charge on any atom is -0.502 e. The Morgan fingerprint density at radius 1 is 0.857 bits per heavy atom. The van der Waals surface area contributed by atoms with E-state index in [1.165, 1.54) is 44.9 Å². The molecule has 0 heterocycles. The van der Waals surface area contributed by atoms with E-state index in [9.17, 15) is 0 Å². The summed E-state index contributed by atoms with van der Waals surface area (Å²) < 4.78 is 5.36. The molecule has 0 N–H and O–H groups in total. The molecule has 0 radical (unpaired) electrons. The lowest BCUT2D eigenvalue weighted by Crippen LogP contribution is -1.87. The van der Waals surface area contributed by atoms with Gasteiger partial charge in [0.15, 0.2) is 0 Å². The minimum absolute atomic E-state index is 0.895. The van der Waals surface area contributed by atoms with Gasteiger partial charge in [0.05, 0.1) is 12.9 Å². The monoisotopic (exact) mass is 198 g/mol. The quantitative estimate of drug-likeness (QED) is 0.366. The van der Waals surface area contributed by atoms with Crippen LogP contribution in [0, 0.1) is 0 Å². The molecule has 0 aromatic carbocycles. The zero-order valence-corrected chi connectivity index (χ0v) is 9.93. The van der Waals surface area contributed by atoms with Crippen molar-refractivity contribution in [1.82, 2.24) is 0 Å². The first-order valence-electron chi connectivity index (χ1n) is 6.18. The molecule has 0 spiro atoms. The summed E-state index contributed by atoms with van der Waals surface area (Å²) in [6.45, 7) is 5.33. The number of unbranched alkanes of at least 4 members (excludes halogenated alkanes) is 6. The van der Waals surface area contributed by atoms with Crippen LogP contribution in [0.5, 0.6) is 0 Å². The van der Waals surface area contributed by atoms with Gasteiger partial charge in [-0.2, -0.15) is 0 Å². The van der Waals surface area contributed by atoms with E-state index >= 15 is 0 Å². The summed E-state index contributed by atoms with van der Waals surface area (Å²) in [4.78, 5) is 0. The maximum absolute atomic E-state index is 5.36. The SMILES string of the molecule is CCC/C=C/OCCCCCCCC. The van der Waals surface area contributed by atoms with Gasteiger partial charge in [0, 0.05) is 0 Å². The van der Waals surface area contributed by atoms with E-state index in [1.807, 2.05) is 6.26 Å². The summed E-state index contributed by atoms with van der Waals surface area (Å²) in [6, 6.07) is 0. The van der Waals surface area contributed by atoms with Crippen molar-refractivity contribution in [2.45, 2.75) is 65.2 Å². The predicted molar refractivity (Wildman–Crippen MR) is 63.4 cm³/mol. The molecule has 0 aliphatic heterocycles. The van der Waals surface area contributed by atoms with Crippen molar-refractivity contribution in [3.8, 4) is 0 Å². The standard InChI is InChI=1S/C13H26O/c1-3-5-7-8-9-11-13-14-12-10-6-4-2/h10,12H,3-9,11,13H2,1-2H3/b12-10+. The average Bonchev–Trinajstić information content (AvgIpc) is 2.21. The van der Waals surface area contributed by atoms with Gasteiger partial charge in [-0.15, -0.1) is 0 Å². The molecule has 1 nitrogen and oxygen atoms in total. The molecule has 0 bridgehead atoms. The van der Waals surface area contributed by atoms with Gasteiger partial charge in [-0.05, 0) is 18.9 Å². The first-order valence-corrected chi connectivity index (χ1v) is 6.18. The molecule has 0 aromatic rings. The summed E-state index contributed by atoms with van der Waals surface area (Å²) in [7, 11) is 0. The van der Waals surface area contributed by atoms with Gasteiger partial charge in [-0.25, -0.2) is 0 Å². The third-order valence-electron chi connectivity index (χ3n) is 2.26. The van der Waals surface area contributed by atoms with Crippen molar-refractivity contribution >= 4 is 0 Å².